The molecule has 1 nitrogen and oxygen atoms in total. The Balaban J connectivity index is 0.000000180. The van der Waals surface area contributed by atoms with Crippen LogP contribution in [0.4, 0.5) is 0 Å². The van der Waals surface area contributed by atoms with Crippen molar-refractivity contribution in [3.05, 3.63) is 36.4 Å². The van der Waals surface area contributed by atoms with Crippen LogP contribution in [-0.4, -0.2) is 5.52 Å². The Morgan fingerprint density at radius 2 is 1.10 bits per heavy atom. The molecular formula is C8H11OP. The highest BCUT2D eigenvalue weighted by molar-refractivity contribution is 7.39. The fourth-order valence-electron chi connectivity index (χ4n) is 0.385. The smallest absolute Gasteiger partial charge is 0.145 e. The molecule has 0 saturated heterocycles. The van der Waals surface area contributed by atoms with Gasteiger partial charge in [-0.05, 0) is 6.92 Å². The van der Waals surface area contributed by atoms with E-state index < -0.39 is 0 Å². The van der Waals surface area contributed by atoms with Crippen LogP contribution in [0.1, 0.15) is 6.92 Å². The molecule has 2 heteroatoms. The summed E-state index contributed by atoms with van der Waals surface area (Å²) < 4.78 is 0. The summed E-state index contributed by atoms with van der Waals surface area (Å²) in [7, 11) is 2.02. The van der Waals surface area contributed by atoms with Crippen molar-refractivity contribution in [1.82, 2.24) is 0 Å². The van der Waals surface area contributed by atoms with E-state index in [0.29, 0.717) is 0 Å². The van der Waals surface area contributed by atoms with E-state index in [9.17, 15) is 4.79 Å². The van der Waals surface area contributed by atoms with E-state index in [1.807, 2.05) is 45.6 Å². The van der Waals surface area contributed by atoms with Crippen LogP contribution in [-0.2, 0) is 4.79 Å². The topological polar surface area (TPSA) is 17.1 Å². The molecule has 0 amide bonds. The summed E-state index contributed by atoms with van der Waals surface area (Å²) in [5, 5.41) is 0. The van der Waals surface area contributed by atoms with Crippen molar-refractivity contribution >= 4 is 14.8 Å². The van der Waals surface area contributed by atoms with Crippen molar-refractivity contribution in [3.8, 4) is 0 Å². The predicted octanol–water partition coefficient (Wildman–Crippen LogP) is 2.09. The van der Waals surface area contributed by atoms with Gasteiger partial charge in [0.2, 0.25) is 0 Å². The van der Waals surface area contributed by atoms with Crippen LogP contribution in [0.5, 0.6) is 0 Å². The van der Waals surface area contributed by atoms with Gasteiger partial charge in [0.25, 0.3) is 0 Å². The standard InChI is InChI=1S/C6H6.C2H5OP/c1-2-4-6-5-3-1;1-2(3)4/h1-6H;4H2,1H3. The molecule has 0 saturated carbocycles. The van der Waals surface area contributed by atoms with Crippen molar-refractivity contribution < 1.29 is 4.79 Å². The second-order valence-electron chi connectivity index (χ2n) is 1.77. The Morgan fingerprint density at radius 1 is 1.00 bits per heavy atom. The van der Waals surface area contributed by atoms with Gasteiger partial charge in [-0.1, -0.05) is 45.6 Å². The first-order valence-corrected chi connectivity index (χ1v) is 3.57. The zero-order valence-electron chi connectivity index (χ0n) is 5.95. The molecule has 1 unspecified atom stereocenters. The molecule has 0 aliphatic rings. The molecule has 1 aromatic carbocycles. The quantitative estimate of drug-likeness (QED) is 0.523. The van der Waals surface area contributed by atoms with Crippen LogP contribution < -0.4 is 0 Å². The Hall–Kier alpha value is -0.680. The summed E-state index contributed by atoms with van der Waals surface area (Å²) in [6.07, 6.45) is 0. The normalized spacial score (nSPS) is 7.40. The van der Waals surface area contributed by atoms with Crippen molar-refractivity contribution in [3.63, 3.8) is 0 Å². The summed E-state index contributed by atoms with van der Waals surface area (Å²) in [5.74, 6) is 0. The summed E-state index contributed by atoms with van der Waals surface area (Å²) in [4.78, 5) is 9.41. The second-order valence-corrected chi connectivity index (χ2v) is 2.58. The first kappa shape index (κ1) is 9.32. The summed E-state index contributed by atoms with van der Waals surface area (Å²) in [6, 6.07) is 12.0. The van der Waals surface area contributed by atoms with Crippen LogP contribution in [0.25, 0.3) is 0 Å². The Bertz CT molecular complexity index is 141. The van der Waals surface area contributed by atoms with E-state index in [0.717, 1.165) is 0 Å². The third kappa shape index (κ3) is 10.3. The Morgan fingerprint density at radius 3 is 1.20 bits per heavy atom. The Labute approximate surface area is 63.7 Å². The van der Waals surface area contributed by atoms with Crippen LogP contribution in [0, 0.1) is 0 Å². The van der Waals surface area contributed by atoms with E-state index in [2.05, 4.69) is 0 Å². The summed E-state index contributed by atoms with van der Waals surface area (Å²) in [5.41, 5.74) is 0.0833. The highest BCUT2D eigenvalue weighted by Crippen LogP contribution is 1.79. The molecule has 0 heterocycles. The average molecular weight is 154 g/mol. The van der Waals surface area contributed by atoms with Crippen molar-refractivity contribution in [2.45, 2.75) is 6.92 Å². The molecular weight excluding hydrogens is 143 g/mol. The molecule has 54 valence electrons. The number of rotatable bonds is 0. The van der Waals surface area contributed by atoms with E-state index in [4.69, 9.17) is 0 Å². The number of carbonyl (C=O) groups excluding carboxylic acids is 1. The highest BCUT2D eigenvalue weighted by Gasteiger charge is 1.62. The predicted molar refractivity (Wildman–Crippen MR) is 46.8 cm³/mol. The molecule has 10 heavy (non-hydrogen) atoms. The molecule has 0 bridgehead atoms. The molecule has 0 aromatic heterocycles. The average Bonchev–Trinajstić information content (AvgIpc) is 1.90. The first-order chi connectivity index (χ1) is 4.73. The maximum Gasteiger partial charge on any atom is 0.145 e. The minimum atomic E-state index is 0.0833. The lowest BCUT2D eigenvalue weighted by atomic mass is 10.4. The van der Waals surface area contributed by atoms with Gasteiger partial charge in [0, 0.05) is 0 Å². The molecule has 0 spiro atoms. The van der Waals surface area contributed by atoms with Gasteiger partial charge in [-0.2, -0.15) is 0 Å². The van der Waals surface area contributed by atoms with Crippen molar-refractivity contribution in [2.24, 2.45) is 0 Å². The third-order valence-electron chi connectivity index (χ3n) is 0.667. The molecule has 1 atom stereocenters. The molecule has 0 radical (unpaired) electrons. The van der Waals surface area contributed by atoms with Crippen LogP contribution >= 0.6 is 9.24 Å². The van der Waals surface area contributed by atoms with E-state index in [-0.39, 0.29) is 5.52 Å². The molecule has 0 aliphatic heterocycles. The molecule has 0 fully saturated rings. The number of benzene rings is 1. The van der Waals surface area contributed by atoms with Gasteiger partial charge in [-0.3, -0.25) is 4.79 Å². The fraction of sp³-hybridized carbons (Fsp3) is 0.125. The number of hydrogen-bond acceptors (Lipinski definition) is 1. The lowest BCUT2D eigenvalue weighted by Gasteiger charge is -1.69. The SMILES string of the molecule is CC(=O)P.c1ccccc1. The van der Waals surface area contributed by atoms with Crippen molar-refractivity contribution in [2.75, 3.05) is 0 Å². The van der Waals surface area contributed by atoms with Crippen LogP contribution in [0.3, 0.4) is 0 Å². The minimum Gasteiger partial charge on any atom is -0.296 e. The van der Waals surface area contributed by atoms with Gasteiger partial charge >= 0.3 is 0 Å². The lowest BCUT2D eigenvalue weighted by Crippen LogP contribution is -1.60. The maximum atomic E-state index is 9.41. The lowest BCUT2D eigenvalue weighted by molar-refractivity contribution is -0.109. The zero-order valence-corrected chi connectivity index (χ0v) is 7.10. The van der Waals surface area contributed by atoms with E-state index in [1.165, 1.54) is 6.92 Å². The molecule has 0 N–H and O–H groups in total. The van der Waals surface area contributed by atoms with Gasteiger partial charge < -0.3 is 0 Å². The van der Waals surface area contributed by atoms with Crippen LogP contribution in [0.15, 0.2) is 36.4 Å². The largest absolute Gasteiger partial charge is 0.296 e. The van der Waals surface area contributed by atoms with Gasteiger partial charge in [0.1, 0.15) is 5.52 Å². The first-order valence-electron chi connectivity index (χ1n) is 2.99. The van der Waals surface area contributed by atoms with Gasteiger partial charge in [-0.15, -0.1) is 0 Å². The van der Waals surface area contributed by atoms with Gasteiger partial charge in [0.05, 0.1) is 0 Å². The van der Waals surface area contributed by atoms with Crippen molar-refractivity contribution in [1.29, 1.82) is 0 Å². The van der Waals surface area contributed by atoms with E-state index in [1.54, 1.807) is 0 Å². The summed E-state index contributed by atoms with van der Waals surface area (Å²) >= 11 is 0. The minimum absolute atomic E-state index is 0.0833. The van der Waals surface area contributed by atoms with Gasteiger partial charge in [-0.25, -0.2) is 0 Å². The second kappa shape index (κ2) is 6.44. The Kier molecular flexibility index (Phi) is 6.00. The molecule has 1 rings (SSSR count). The zero-order chi connectivity index (χ0) is 7.82. The third-order valence-corrected chi connectivity index (χ3v) is 0.667. The monoisotopic (exact) mass is 154 g/mol. The van der Waals surface area contributed by atoms with Crippen LogP contribution in [0.2, 0.25) is 0 Å². The fourth-order valence-corrected chi connectivity index (χ4v) is 0.385. The number of carbonyl (C=O) groups is 1. The molecule has 1 aromatic rings. The highest BCUT2D eigenvalue weighted by atomic mass is 31.0. The van der Waals surface area contributed by atoms with Gasteiger partial charge in [0.15, 0.2) is 0 Å². The molecule has 0 aliphatic carbocycles. The maximum absolute atomic E-state index is 9.41. The van der Waals surface area contributed by atoms with E-state index >= 15 is 0 Å². The number of hydrogen-bond donors (Lipinski definition) is 0. The summed E-state index contributed by atoms with van der Waals surface area (Å²) in [6.45, 7) is 1.49.